The van der Waals surface area contributed by atoms with Crippen molar-refractivity contribution in [2.45, 2.75) is 45.8 Å². The van der Waals surface area contributed by atoms with Crippen LogP contribution < -0.4 is 9.64 Å². The molecule has 0 unspecified atom stereocenters. The van der Waals surface area contributed by atoms with Gasteiger partial charge in [0.25, 0.3) is 5.91 Å². The minimum Gasteiger partial charge on any atom is -0.478 e. The van der Waals surface area contributed by atoms with E-state index in [2.05, 4.69) is 10.2 Å². The number of ether oxygens (including phenoxy) is 2. The molecule has 5 rings (SSSR count). The van der Waals surface area contributed by atoms with Crippen molar-refractivity contribution in [3.63, 3.8) is 0 Å². The molecular weight excluding hydrogens is 518 g/mol. The van der Waals surface area contributed by atoms with E-state index in [0.717, 1.165) is 27.6 Å². The van der Waals surface area contributed by atoms with Crippen LogP contribution in [0.15, 0.2) is 30.5 Å². The third-order valence-corrected chi connectivity index (χ3v) is 7.45. The van der Waals surface area contributed by atoms with Crippen molar-refractivity contribution in [1.82, 2.24) is 20.0 Å². The summed E-state index contributed by atoms with van der Waals surface area (Å²) in [5.41, 5.74) is 3.91. The number of carbonyl (C=O) groups is 2. The Morgan fingerprint density at radius 1 is 1.26 bits per heavy atom. The van der Waals surface area contributed by atoms with E-state index in [-0.39, 0.29) is 17.9 Å². The van der Waals surface area contributed by atoms with Gasteiger partial charge in [-0.15, -0.1) is 0 Å². The Bertz CT molecular complexity index is 1410. The van der Waals surface area contributed by atoms with Gasteiger partial charge in [0, 0.05) is 49.5 Å². The molecule has 3 aromatic rings. The zero-order valence-electron chi connectivity index (χ0n) is 23.4. The first-order valence-electron chi connectivity index (χ1n) is 13.3. The molecule has 1 saturated heterocycles. The standard InChI is InChI=1S/C29H36ClN5O4/c1-17-7-8-22-20(13-31-32-22)26(17)19-11-25-23(12-21(19)30)35(27(36)24(38-25)9-10-33(5)6)16-18-14-34(15-18)28(37)39-29(2,3)4/h7-8,11-13,18,24H,9-10,14-16H2,1-6H3,(H,31,32)/t24-/m0/s1. The number of likely N-dealkylation sites (tertiary alicyclic amines) is 1. The molecule has 1 N–H and O–H groups in total. The van der Waals surface area contributed by atoms with E-state index in [4.69, 9.17) is 21.1 Å². The van der Waals surface area contributed by atoms with Crippen LogP contribution in [0.25, 0.3) is 22.0 Å². The second kappa shape index (κ2) is 10.4. The van der Waals surface area contributed by atoms with Gasteiger partial charge in [-0.05, 0) is 71.1 Å². The Kier molecular flexibility index (Phi) is 7.24. The topological polar surface area (TPSA) is 91.0 Å². The highest BCUT2D eigenvalue weighted by Gasteiger charge is 2.40. The summed E-state index contributed by atoms with van der Waals surface area (Å²) in [4.78, 5) is 31.6. The molecule has 2 aliphatic heterocycles. The molecule has 2 aliphatic rings. The third-order valence-electron chi connectivity index (χ3n) is 7.14. The maximum Gasteiger partial charge on any atom is 0.410 e. The number of carbonyl (C=O) groups excluding carboxylic acids is 2. The number of aryl methyl sites for hydroxylation is 1. The molecule has 0 bridgehead atoms. The average molecular weight is 554 g/mol. The van der Waals surface area contributed by atoms with E-state index in [1.54, 1.807) is 16.0 Å². The Hall–Kier alpha value is -3.30. The lowest BCUT2D eigenvalue weighted by Crippen LogP contribution is -2.57. The predicted molar refractivity (Wildman–Crippen MR) is 153 cm³/mol. The fourth-order valence-electron chi connectivity index (χ4n) is 5.19. The molecule has 1 aromatic heterocycles. The fourth-order valence-corrected chi connectivity index (χ4v) is 5.44. The summed E-state index contributed by atoms with van der Waals surface area (Å²) in [5, 5.41) is 8.74. The summed E-state index contributed by atoms with van der Waals surface area (Å²) in [7, 11) is 3.95. The Labute approximate surface area is 234 Å². The SMILES string of the molecule is Cc1ccc2[nH]ncc2c1-c1cc2c(cc1Cl)N(CC1CN(C(=O)OC(C)(C)C)C1)C(=O)[C@H](CCN(C)C)O2. The van der Waals surface area contributed by atoms with E-state index < -0.39 is 11.7 Å². The highest BCUT2D eigenvalue weighted by atomic mass is 35.5. The van der Waals surface area contributed by atoms with Crippen LogP contribution in [0, 0.1) is 12.8 Å². The van der Waals surface area contributed by atoms with Crippen molar-refractivity contribution in [3.8, 4) is 16.9 Å². The minimum absolute atomic E-state index is 0.0861. The average Bonchev–Trinajstić information content (AvgIpc) is 3.29. The zero-order chi connectivity index (χ0) is 28.1. The molecular formula is C29H36ClN5O4. The first kappa shape index (κ1) is 27.3. The van der Waals surface area contributed by atoms with Crippen LogP contribution in [0.3, 0.4) is 0 Å². The fraction of sp³-hybridized carbons (Fsp3) is 0.483. The summed E-state index contributed by atoms with van der Waals surface area (Å²) < 4.78 is 11.8. The maximum absolute atomic E-state index is 13.7. The van der Waals surface area contributed by atoms with Crippen molar-refractivity contribution in [1.29, 1.82) is 0 Å². The number of benzene rings is 2. The monoisotopic (exact) mass is 553 g/mol. The Balaban J connectivity index is 1.45. The van der Waals surface area contributed by atoms with Crippen LogP contribution in [-0.2, 0) is 9.53 Å². The van der Waals surface area contributed by atoms with Gasteiger partial charge in [0.05, 0.1) is 22.4 Å². The molecule has 0 spiro atoms. The van der Waals surface area contributed by atoms with E-state index in [0.29, 0.717) is 49.1 Å². The predicted octanol–water partition coefficient (Wildman–Crippen LogP) is 5.10. The largest absolute Gasteiger partial charge is 0.478 e. The van der Waals surface area contributed by atoms with Gasteiger partial charge < -0.3 is 24.2 Å². The van der Waals surface area contributed by atoms with E-state index in [1.165, 1.54) is 0 Å². The molecule has 208 valence electrons. The molecule has 0 aliphatic carbocycles. The van der Waals surface area contributed by atoms with Gasteiger partial charge in [0.1, 0.15) is 11.4 Å². The number of hydrogen-bond acceptors (Lipinski definition) is 6. The number of aromatic nitrogens is 2. The molecule has 39 heavy (non-hydrogen) atoms. The molecule has 3 heterocycles. The highest BCUT2D eigenvalue weighted by molar-refractivity contribution is 6.34. The number of rotatable bonds is 6. The Morgan fingerprint density at radius 2 is 2.00 bits per heavy atom. The molecule has 2 amide bonds. The summed E-state index contributed by atoms with van der Waals surface area (Å²) in [6, 6.07) is 7.81. The lowest BCUT2D eigenvalue weighted by molar-refractivity contribution is -0.127. The normalized spacial score (nSPS) is 17.8. The number of H-pyrrole nitrogens is 1. The number of nitrogens with zero attached hydrogens (tertiary/aromatic N) is 4. The number of amides is 2. The first-order valence-corrected chi connectivity index (χ1v) is 13.7. The van der Waals surface area contributed by atoms with Gasteiger partial charge in [0.15, 0.2) is 6.10 Å². The first-order chi connectivity index (χ1) is 18.4. The van der Waals surface area contributed by atoms with Gasteiger partial charge in [-0.25, -0.2) is 4.79 Å². The van der Waals surface area contributed by atoms with Crippen LogP contribution in [0.1, 0.15) is 32.8 Å². The second-order valence-electron chi connectivity index (χ2n) is 11.8. The van der Waals surface area contributed by atoms with Gasteiger partial charge in [-0.2, -0.15) is 5.10 Å². The number of halogens is 1. The van der Waals surface area contributed by atoms with Gasteiger partial charge in [-0.3, -0.25) is 9.89 Å². The number of fused-ring (bicyclic) bond motifs is 2. The minimum atomic E-state index is -0.609. The molecule has 1 atom stereocenters. The molecule has 2 aromatic carbocycles. The van der Waals surface area contributed by atoms with Crippen molar-refractivity contribution in [3.05, 3.63) is 41.0 Å². The number of aromatic amines is 1. The second-order valence-corrected chi connectivity index (χ2v) is 12.2. The van der Waals surface area contributed by atoms with Crippen molar-refractivity contribution in [2.75, 3.05) is 45.2 Å². The summed E-state index contributed by atoms with van der Waals surface area (Å²) in [6.07, 6.45) is 1.43. The van der Waals surface area contributed by atoms with Crippen LogP contribution in [-0.4, -0.2) is 84.0 Å². The number of hydrogen-bond donors (Lipinski definition) is 1. The molecule has 1 fully saturated rings. The molecule has 0 radical (unpaired) electrons. The lowest BCUT2D eigenvalue weighted by atomic mass is 9.95. The van der Waals surface area contributed by atoms with Crippen molar-refractivity contribution in [2.24, 2.45) is 5.92 Å². The van der Waals surface area contributed by atoms with E-state index in [1.807, 2.05) is 71.0 Å². The smallest absolute Gasteiger partial charge is 0.410 e. The van der Waals surface area contributed by atoms with Crippen LogP contribution in [0.4, 0.5) is 10.5 Å². The summed E-state index contributed by atoms with van der Waals surface area (Å²) >= 11 is 6.90. The maximum atomic E-state index is 13.7. The van der Waals surface area contributed by atoms with Crippen molar-refractivity contribution >= 4 is 40.2 Å². The molecule has 9 nitrogen and oxygen atoms in total. The van der Waals surface area contributed by atoms with E-state index in [9.17, 15) is 9.59 Å². The van der Waals surface area contributed by atoms with Crippen LogP contribution in [0.5, 0.6) is 5.75 Å². The van der Waals surface area contributed by atoms with Crippen molar-refractivity contribution < 1.29 is 19.1 Å². The van der Waals surface area contributed by atoms with Gasteiger partial charge in [-0.1, -0.05) is 17.7 Å². The quantitative estimate of drug-likeness (QED) is 0.456. The highest BCUT2D eigenvalue weighted by Crippen LogP contribution is 2.45. The third kappa shape index (κ3) is 5.56. The lowest BCUT2D eigenvalue weighted by Gasteiger charge is -2.43. The summed E-state index contributed by atoms with van der Waals surface area (Å²) in [5.74, 6) is 0.667. The van der Waals surface area contributed by atoms with Crippen LogP contribution >= 0.6 is 11.6 Å². The van der Waals surface area contributed by atoms with Crippen LogP contribution in [0.2, 0.25) is 5.02 Å². The van der Waals surface area contributed by atoms with E-state index >= 15 is 0 Å². The number of anilines is 1. The Morgan fingerprint density at radius 3 is 2.69 bits per heavy atom. The molecule has 0 saturated carbocycles. The molecule has 10 heteroatoms. The number of nitrogens with one attached hydrogen (secondary N) is 1. The zero-order valence-corrected chi connectivity index (χ0v) is 24.1. The summed E-state index contributed by atoms with van der Waals surface area (Å²) in [6.45, 7) is 9.85. The van der Waals surface area contributed by atoms with Gasteiger partial charge in [0.2, 0.25) is 0 Å². The van der Waals surface area contributed by atoms with Gasteiger partial charge >= 0.3 is 6.09 Å².